The molecule has 0 saturated heterocycles. The molecule has 0 aliphatic carbocycles. The maximum Gasteiger partial charge on any atom is 4.00 e. The first-order chi connectivity index (χ1) is 9.25. The fourth-order valence-electron chi connectivity index (χ4n) is 1.57. The molecule has 2 aliphatic rings. The first-order valence-corrected chi connectivity index (χ1v) is 6.22. The number of likely N-dealkylation sites (N-methyl/N-ethyl adjacent to an activating group) is 2. The molecule has 2 aliphatic heterocycles. The normalized spacial score (nSPS) is 23.5. The van der Waals surface area contributed by atoms with Crippen LogP contribution in [0.25, 0.3) is 0 Å². The Morgan fingerprint density at radius 1 is 0.773 bits per heavy atom. The van der Waals surface area contributed by atoms with Crippen molar-refractivity contribution in [3.05, 3.63) is 24.6 Å². The second kappa shape index (κ2) is 9.35. The molecule has 2 unspecified atom stereocenters. The Hall–Kier alpha value is -1.70. The van der Waals surface area contributed by atoms with E-state index in [1.165, 1.54) is 12.2 Å². The van der Waals surface area contributed by atoms with Gasteiger partial charge >= 0.3 is 18.6 Å². The summed E-state index contributed by atoms with van der Waals surface area (Å²) in [6.07, 6.45) is 5.83. The third kappa shape index (κ3) is 5.25. The predicted octanol–water partition coefficient (Wildman–Crippen LogP) is -0.177. The predicted molar refractivity (Wildman–Crippen MR) is 73.4 cm³/mol. The van der Waals surface area contributed by atoms with Crippen molar-refractivity contribution in [2.24, 2.45) is 0 Å². The number of nitrogens with zero attached hydrogens (tertiary/aromatic N) is 2. The van der Waals surface area contributed by atoms with Gasteiger partial charge in [-0.3, -0.25) is 19.2 Å². The van der Waals surface area contributed by atoms with Crippen LogP contribution in [0, 0.1) is 0 Å². The second-order valence-electron chi connectivity index (χ2n) is 4.77. The second-order valence-corrected chi connectivity index (χ2v) is 4.77. The Morgan fingerprint density at radius 2 is 1.05 bits per heavy atom. The number of hydrogen-bond donors (Lipinski definition) is 0. The number of hydrogen-bond acceptors (Lipinski definition) is 6. The van der Waals surface area contributed by atoms with Gasteiger partial charge in [-0.25, -0.2) is 0 Å². The number of Topliss-reactive ketones (excluding diaryl/α,β-unsaturated/α-hetero) is 2. The zero-order valence-corrected chi connectivity index (χ0v) is 14.2. The molecule has 1 radical (unpaired) electrons. The Balaban J connectivity index is 0. The number of rotatable bonds is 0. The molecule has 0 saturated carbocycles. The molecule has 117 valence electrons. The summed E-state index contributed by atoms with van der Waals surface area (Å²) < 4.78 is 0. The van der Waals surface area contributed by atoms with E-state index in [4.69, 9.17) is 0 Å². The zero-order chi connectivity index (χ0) is 15.4. The van der Waals surface area contributed by atoms with Crippen molar-refractivity contribution in [1.29, 1.82) is 0 Å². The van der Waals surface area contributed by atoms with E-state index in [1.807, 2.05) is 0 Å². The fourth-order valence-corrected chi connectivity index (χ4v) is 1.57. The molecule has 0 aromatic rings. The van der Waals surface area contributed by atoms with Gasteiger partial charge in [0.1, 0.15) is 0 Å². The number of carbonyl (C=O) groups excluding carboxylic acids is 4. The molecule has 2 atom stereocenters. The van der Waals surface area contributed by atoms with Crippen molar-refractivity contribution in [3.63, 3.8) is 0 Å². The van der Waals surface area contributed by atoms with Crippen LogP contribution in [-0.4, -0.2) is 59.1 Å². The van der Waals surface area contributed by atoms with E-state index in [0.29, 0.717) is 0 Å². The van der Waals surface area contributed by atoms with Crippen LogP contribution in [0.4, 0.5) is 0 Å². The number of carbonyl (C=O) groups is 4. The van der Waals surface area contributed by atoms with Crippen molar-refractivity contribution in [2.75, 3.05) is 14.1 Å². The number of ketones is 4. The summed E-state index contributed by atoms with van der Waals surface area (Å²) in [5.74, 6) is -1.45. The summed E-state index contributed by atoms with van der Waals surface area (Å²) in [5, 5.41) is 0. The van der Waals surface area contributed by atoms with Crippen LogP contribution in [0.1, 0.15) is 13.8 Å². The van der Waals surface area contributed by atoms with Gasteiger partial charge < -0.3 is 15.3 Å². The van der Waals surface area contributed by atoms with E-state index in [9.17, 15) is 19.2 Å². The maximum atomic E-state index is 10.9. The summed E-state index contributed by atoms with van der Waals surface area (Å²) >= 11 is 0. The first-order valence-electron chi connectivity index (χ1n) is 6.22. The molecule has 0 amide bonds. The molecular formula is C14H18N2O5V+2. The van der Waals surface area contributed by atoms with Gasteiger partial charge in [-0.1, -0.05) is 0 Å². The van der Waals surface area contributed by atoms with Crippen LogP contribution in [0.15, 0.2) is 24.6 Å². The minimum Gasteiger partial charge on any atom is -2.00 e. The van der Waals surface area contributed by atoms with Gasteiger partial charge in [0.15, 0.2) is 0 Å². The van der Waals surface area contributed by atoms with Crippen LogP contribution in [0.5, 0.6) is 0 Å². The molecule has 0 N–H and O–H groups in total. The molecule has 2 heterocycles. The Kier molecular flexibility index (Phi) is 9.60. The van der Waals surface area contributed by atoms with Gasteiger partial charge in [0.2, 0.25) is 23.1 Å². The van der Waals surface area contributed by atoms with Crippen molar-refractivity contribution >= 4 is 23.1 Å². The quantitative estimate of drug-likeness (QED) is 0.565. The number of allylic oxidation sites excluding steroid dienone is 2. The molecular weight excluding hydrogens is 327 g/mol. The maximum absolute atomic E-state index is 10.9. The topological polar surface area (TPSA) is 103 Å². The standard InChI is InChI=1S/2C7H9NO2.O.V/c2*1-5-7(10)6(9)3-4-8(5)2;;/h2*3-5H,1-2H3;;/q;;-2;+4. The molecule has 0 spiro atoms. The zero-order valence-electron chi connectivity index (χ0n) is 12.8. The Labute approximate surface area is 141 Å². The Bertz CT molecular complexity index is 469. The summed E-state index contributed by atoms with van der Waals surface area (Å²) in [4.78, 5) is 46.6. The monoisotopic (exact) mass is 345 g/mol. The van der Waals surface area contributed by atoms with Crippen LogP contribution in [-0.2, 0) is 43.2 Å². The average molecular weight is 345 g/mol. The summed E-state index contributed by atoms with van der Waals surface area (Å²) in [6, 6.07) is -0.588. The van der Waals surface area contributed by atoms with Crippen LogP contribution < -0.4 is 0 Å². The van der Waals surface area contributed by atoms with E-state index in [1.54, 1.807) is 50.1 Å². The van der Waals surface area contributed by atoms with Gasteiger partial charge in [-0.15, -0.1) is 0 Å². The summed E-state index contributed by atoms with van der Waals surface area (Å²) in [6.45, 7) is 3.42. The molecule has 2 rings (SSSR count). The van der Waals surface area contributed by atoms with Gasteiger partial charge in [0.25, 0.3) is 0 Å². The van der Waals surface area contributed by atoms with Gasteiger partial charge in [0, 0.05) is 38.6 Å². The van der Waals surface area contributed by atoms with Crippen molar-refractivity contribution in [1.82, 2.24) is 9.80 Å². The van der Waals surface area contributed by atoms with Crippen molar-refractivity contribution < 1.29 is 43.2 Å². The van der Waals surface area contributed by atoms with E-state index in [2.05, 4.69) is 0 Å². The van der Waals surface area contributed by atoms with E-state index < -0.39 is 11.6 Å². The molecule has 0 aromatic carbocycles. The third-order valence-electron chi connectivity index (χ3n) is 3.39. The largest absolute Gasteiger partial charge is 4.00 e. The van der Waals surface area contributed by atoms with Gasteiger partial charge in [0.05, 0.1) is 12.1 Å². The summed E-state index contributed by atoms with van der Waals surface area (Å²) in [7, 11) is 3.54. The molecule has 8 heteroatoms. The van der Waals surface area contributed by atoms with Gasteiger partial charge in [-0.05, 0) is 13.8 Å². The SMILES string of the molecule is CC1C(=O)C(=O)C=CN1C.CC1C(=O)C(=O)C=CN1C.[O-2].[V+4]. The van der Waals surface area contributed by atoms with Crippen molar-refractivity contribution in [3.8, 4) is 0 Å². The first kappa shape index (κ1) is 22.6. The minimum absolute atomic E-state index is 0. The molecule has 0 aromatic heterocycles. The molecule has 22 heavy (non-hydrogen) atoms. The van der Waals surface area contributed by atoms with Crippen LogP contribution in [0.2, 0.25) is 0 Å². The fraction of sp³-hybridized carbons (Fsp3) is 0.429. The minimum atomic E-state index is -0.398. The van der Waals surface area contributed by atoms with Crippen LogP contribution >= 0.6 is 0 Å². The molecule has 0 bridgehead atoms. The average Bonchev–Trinajstić information content (AvgIpc) is 2.43. The molecule has 7 nitrogen and oxygen atoms in total. The molecule has 0 fully saturated rings. The van der Waals surface area contributed by atoms with Gasteiger partial charge in [-0.2, -0.15) is 0 Å². The van der Waals surface area contributed by atoms with E-state index in [-0.39, 0.29) is 47.7 Å². The van der Waals surface area contributed by atoms with Crippen molar-refractivity contribution in [2.45, 2.75) is 25.9 Å². The van der Waals surface area contributed by atoms with E-state index >= 15 is 0 Å². The summed E-state index contributed by atoms with van der Waals surface area (Å²) in [5.41, 5.74) is 0. The smallest absolute Gasteiger partial charge is 2.00 e. The Morgan fingerprint density at radius 3 is 1.27 bits per heavy atom. The van der Waals surface area contributed by atoms with Crippen LogP contribution in [0.3, 0.4) is 0 Å². The third-order valence-corrected chi connectivity index (χ3v) is 3.39. The van der Waals surface area contributed by atoms with E-state index in [0.717, 1.165) is 0 Å².